The van der Waals surface area contributed by atoms with Crippen molar-refractivity contribution in [3.63, 3.8) is 0 Å². The molecule has 0 atom stereocenters. The number of pyridine rings is 1. The van der Waals surface area contributed by atoms with Crippen molar-refractivity contribution in [2.75, 3.05) is 0 Å². The standard InChI is InChI=1S/C29H24N4O3/c34-28(31-18-22-11-8-13-24(17-22)36-20-23-12-6-7-16-30-23)27-25-14-4-5-15-26(25)29(35)33(32-27)19-21-9-2-1-3-10-21/h1-17H,18-20H2,(H,31,34). The normalized spacial score (nSPS) is 10.8. The Balaban J connectivity index is 1.34. The van der Waals surface area contributed by atoms with Gasteiger partial charge in [-0.3, -0.25) is 14.6 Å². The lowest BCUT2D eigenvalue weighted by Gasteiger charge is -2.12. The third kappa shape index (κ3) is 5.31. The summed E-state index contributed by atoms with van der Waals surface area (Å²) in [6, 6.07) is 29.8. The quantitative estimate of drug-likeness (QED) is 0.360. The predicted molar refractivity (Wildman–Crippen MR) is 138 cm³/mol. The monoisotopic (exact) mass is 476 g/mol. The van der Waals surface area contributed by atoms with Crippen molar-refractivity contribution in [3.05, 3.63) is 136 Å². The minimum absolute atomic E-state index is 0.212. The first-order valence-corrected chi connectivity index (χ1v) is 11.6. The Morgan fingerprint density at radius 3 is 2.39 bits per heavy atom. The molecule has 36 heavy (non-hydrogen) atoms. The molecule has 1 N–H and O–H groups in total. The summed E-state index contributed by atoms with van der Waals surface area (Å²) in [7, 11) is 0. The Morgan fingerprint density at radius 2 is 1.58 bits per heavy atom. The second-order valence-corrected chi connectivity index (χ2v) is 8.28. The highest BCUT2D eigenvalue weighted by molar-refractivity contribution is 6.04. The molecule has 7 heteroatoms. The van der Waals surface area contributed by atoms with Gasteiger partial charge in [0, 0.05) is 18.1 Å². The van der Waals surface area contributed by atoms with Gasteiger partial charge in [0.25, 0.3) is 11.5 Å². The average Bonchev–Trinajstić information content (AvgIpc) is 2.93. The largest absolute Gasteiger partial charge is 0.487 e. The summed E-state index contributed by atoms with van der Waals surface area (Å²) in [5.41, 5.74) is 2.62. The first-order valence-electron chi connectivity index (χ1n) is 11.6. The highest BCUT2D eigenvalue weighted by atomic mass is 16.5. The topological polar surface area (TPSA) is 86.1 Å². The van der Waals surface area contributed by atoms with Crippen LogP contribution in [0.2, 0.25) is 0 Å². The number of hydrogen-bond donors (Lipinski definition) is 1. The van der Waals surface area contributed by atoms with Gasteiger partial charge in [0.15, 0.2) is 5.69 Å². The lowest BCUT2D eigenvalue weighted by atomic mass is 10.1. The summed E-state index contributed by atoms with van der Waals surface area (Å²) in [5, 5.41) is 8.36. The number of nitrogens with zero attached hydrogens (tertiary/aromatic N) is 3. The molecule has 5 rings (SSSR count). The van der Waals surface area contributed by atoms with E-state index in [2.05, 4.69) is 15.4 Å². The number of fused-ring (bicyclic) bond motifs is 1. The van der Waals surface area contributed by atoms with Gasteiger partial charge in [-0.25, -0.2) is 4.68 Å². The van der Waals surface area contributed by atoms with Crippen molar-refractivity contribution >= 4 is 16.7 Å². The Labute approximate surface area is 208 Å². The van der Waals surface area contributed by atoms with Gasteiger partial charge in [0.05, 0.1) is 17.6 Å². The fraction of sp³-hybridized carbons (Fsp3) is 0.103. The van der Waals surface area contributed by atoms with Crippen LogP contribution in [0.1, 0.15) is 27.3 Å². The number of hydrogen-bond acceptors (Lipinski definition) is 5. The van der Waals surface area contributed by atoms with Crippen LogP contribution in [0.4, 0.5) is 0 Å². The lowest BCUT2D eigenvalue weighted by molar-refractivity contribution is 0.0945. The summed E-state index contributed by atoms with van der Waals surface area (Å²) < 4.78 is 7.19. The summed E-state index contributed by atoms with van der Waals surface area (Å²) in [6.45, 7) is 0.920. The van der Waals surface area contributed by atoms with E-state index in [0.29, 0.717) is 23.1 Å². The predicted octanol–water partition coefficient (Wildman–Crippen LogP) is 4.35. The number of rotatable bonds is 8. The Bertz CT molecular complexity index is 1550. The first kappa shape index (κ1) is 23.0. The molecule has 0 radical (unpaired) electrons. The molecular formula is C29H24N4O3. The van der Waals surface area contributed by atoms with Crippen molar-refractivity contribution < 1.29 is 9.53 Å². The van der Waals surface area contributed by atoms with Crippen LogP contribution in [0.3, 0.4) is 0 Å². The SMILES string of the molecule is O=C(NCc1cccc(OCc2ccccn2)c1)c1nn(Cc2ccccc2)c(=O)c2ccccc12. The number of nitrogens with one attached hydrogen (secondary N) is 1. The van der Waals surface area contributed by atoms with Crippen LogP contribution < -0.4 is 15.6 Å². The summed E-state index contributed by atoms with van der Waals surface area (Å²) >= 11 is 0. The summed E-state index contributed by atoms with van der Waals surface area (Å²) in [5.74, 6) is 0.334. The van der Waals surface area contributed by atoms with Crippen molar-refractivity contribution in [2.45, 2.75) is 19.7 Å². The smallest absolute Gasteiger partial charge is 0.274 e. The number of amides is 1. The minimum atomic E-state index is -0.354. The van der Waals surface area contributed by atoms with Gasteiger partial charge in [-0.2, -0.15) is 5.10 Å². The molecule has 0 fully saturated rings. The molecule has 0 bridgehead atoms. The molecule has 0 aliphatic rings. The van der Waals surface area contributed by atoms with E-state index in [9.17, 15) is 9.59 Å². The molecule has 7 nitrogen and oxygen atoms in total. The zero-order chi connectivity index (χ0) is 24.7. The lowest BCUT2D eigenvalue weighted by Crippen LogP contribution is -2.30. The Kier molecular flexibility index (Phi) is 6.80. The molecule has 0 saturated carbocycles. The van der Waals surface area contributed by atoms with E-state index < -0.39 is 0 Å². The van der Waals surface area contributed by atoms with Crippen LogP contribution in [0, 0.1) is 0 Å². The number of benzene rings is 3. The third-order valence-electron chi connectivity index (χ3n) is 5.72. The van der Waals surface area contributed by atoms with E-state index in [1.165, 1.54) is 4.68 Å². The van der Waals surface area contributed by atoms with Gasteiger partial charge in [-0.05, 0) is 41.5 Å². The molecule has 0 aliphatic heterocycles. The molecule has 1 amide bonds. The molecule has 2 heterocycles. The minimum Gasteiger partial charge on any atom is -0.487 e. The zero-order valence-corrected chi connectivity index (χ0v) is 19.5. The van der Waals surface area contributed by atoms with E-state index in [1.54, 1.807) is 30.5 Å². The summed E-state index contributed by atoms with van der Waals surface area (Å²) in [6.07, 6.45) is 1.73. The number of carbonyl (C=O) groups excluding carboxylic acids is 1. The fourth-order valence-electron chi connectivity index (χ4n) is 3.92. The van der Waals surface area contributed by atoms with Crippen molar-refractivity contribution in [1.29, 1.82) is 0 Å². The van der Waals surface area contributed by atoms with E-state index in [0.717, 1.165) is 16.8 Å². The first-order chi connectivity index (χ1) is 17.7. The van der Waals surface area contributed by atoms with Crippen LogP contribution in [0.5, 0.6) is 5.75 Å². The highest BCUT2D eigenvalue weighted by Gasteiger charge is 2.17. The van der Waals surface area contributed by atoms with Gasteiger partial charge in [-0.15, -0.1) is 0 Å². The molecule has 2 aromatic heterocycles. The van der Waals surface area contributed by atoms with Crippen molar-refractivity contribution in [2.24, 2.45) is 0 Å². The maximum Gasteiger partial charge on any atom is 0.274 e. The van der Waals surface area contributed by atoms with Crippen molar-refractivity contribution in [3.8, 4) is 5.75 Å². The van der Waals surface area contributed by atoms with Crippen LogP contribution in [-0.2, 0) is 19.7 Å². The van der Waals surface area contributed by atoms with Gasteiger partial charge in [-0.1, -0.05) is 66.7 Å². The summed E-state index contributed by atoms with van der Waals surface area (Å²) in [4.78, 5) is 30.5. The van der Waals surface area contributed by atoms with Crippen LogP contribution >= 0.6 is 0 Å². The van der Waals surface area contributed by atoms with E-state index in [-0.39, 0.29) is 30.2 Å². The van der Waals surface area contributed by atoms with Gasteiger partial charge in [0.2, 0.25) is 0 Å². The third-order valence-corrected chi connectivity index (χ3v) is 5.72. The number of ether oxygens (including phenoxy) is 1. The van der Waals surface area contributed by atoms with E-state index >= 15 is 0 Å². The van der Waals surface area contributed by atoms with Gasteiger partial charge < -0.3 is 10.1 Å². The fourth-order valence-corrected chi connectivity index (χ4v) is 3.92. The van der Waals surface area contributed by atoms with E-state index in [4.69, 9.17) is 4.74 Å². The van der Waals surface area contributed by atoms with Crippen LogP contribution in [0.15, 0.2) is 108 Å². The Morgan fingerprint density at radius 1 is 0.833 bits per heavy atom. The number of aromatic nitrogens is 3. The second kappa shape index (κ2) is 10.7. The highest BCUT2D eigenvalue weighted by Crippen LogP contribution is 2.17. The maximum absolute atomic E-state index is 13.2. The van der Waals surface area contributed by atoms with Crippen LogP contribution in [0.25, 0.3) is 10.8 Å². The molecule has 5 aromatic rings. The average molecular weight is 477 g/mol. The molecule has 0 spiro atoms. The molecular weight excluding hydrogens is 452 g/mol. The molecule has 0 unspecified atom stereocenters. The molecule has 178 valence electrons. The Hall–Kier alpha value is -4.78. The van der Waals surface area contributed by atoms with Gasteiger partial charge >= 0.3 is 0 Å². The van der Waals surface area contributed by atoms with Crippen molar-refractivity contribution in [1.82, 2.24) is 20.1 Å². The van der Waals surface area contributed by atoms with Crippen LogP contribution in [-0.4, -0.2) is 20.7 Å². The second-order valence-electron chi connectivity index (χ2n) is 8.28. The van der Waals surface area contributed by atoms with E-state index in [1.807, 2.05) is 72.8 Å². The van der Waals surface area contributed by atoms with Gasteiger partial charge in [0.1, 0.15) is 12.4 Å². The maximum atomic E-state index is 13.2. The number of carbonyl (C=O) groups is 1. The molecule has 3 aromatic carbocycles. The molecule has 0 aliphatic carbocycles. The molecule has 0 saturated heterocycles. The zero-order valence-electron chi connectivity index (χ0n) is 19.5.